The second-order valence-corrected chi connectivity index (χ2v) is 6.25. The summed E-state index contributed by atoms with van der Waals surface area (Å²) in [4.78, 5) is 54.5. The van der Waals surface area contributed by atoms with Gasteiger partial charge in [0.25, 0.3) is 17.6 Å². The van der Waals surface area contributed by atoms with E-state index in [1.807, 2.05) is 0 Å². The minimum absolute atomic E-state index is 0.0721. The minimum atomic E-state index is -1.40. The molecular formula is C17H13N7O6. The first-order chi connectivity index (χ1) is 14.2. The molecule has 4 N–H and O–H groups in total. The van der Waals surface area contributed by atoms with Crippen LogP contribution in [0.2, 0.25) is 0 Å². The molecule has 3 aromatic heterocycles. The average molecular weight is 411 g/mol. The fraction of sp³-hybridized carbons (Fsp3) is 0.118. The fourth-order valence-electron chi connectivity index (χ4n) is 2.80. The maximum Gasteiger partial charge on any atom is 0.419 e. The molecule has 0 saturated heterocycles. The van der Waals surface area contributed by atoms with Crippen LogP contribution in [0, 0.1) is 0 Å². The molecule has 2 amide bonds. The van der Waals surface area contributed by atoms with Gasteiger partial charge in [-0.2, -0.15) is 9.50 Å². The van der Waals surface area contributed by atoms with E-state index in [0.29, 0.717) is 16.7 Å². The number of carbonyl (C=O) groups is 3. The van der Waals surface area contributed by atoms with Gasteiger partial charge in [-0.3, -0.25) is 14.2 Å². The Bertz CT molecular complexity index is 1410. The van der Waals surface area contributed by atoms with Crippen LogP contribution < -0.4 is 16.8 Å². The van der Waals surface area contributed by atoms with Crippen molar-refractivity contribution in [3.05, 3.63) is 57.6 Å². The molecule has 1 aromatic carbocycles. The van der Waals surface area contributed by atoms with Crippen LogP contribution >= 0.6 is 0 Å². The Kier molecular flexibility index (Phi) is 4.26. The Labute approximate surface area is 165 Å². The number of carboxylic acids is 1. The Morgan fingerprint density at radius 1 is 1.23 bits per heavy atom. The van der Waals surface area contributed by atoms with Crippen molar-refractivity contribution in [3.8, 4) is 0 Å². The molecule has 30 heavy (non-hydrogen) atoms. The number of oxazole rings is 1. The number of nitrogens with one attached hydrogen (secondary N) is 1. The van der Waals surface area contributed by atoms with Gasteiger partial charge in [0.15, 0.2) is 11.3 Å². The monoisotopic (exact) mass is 411 g/mol. The summed E-state index contributed by atoms with van der Waals surface area (Å²) >= 11 is 0. The van der Waals surface area contributed by atoms with Crippen LogP contribution in [0.5, 0.6) is 0 Å². The van der Waals surface area contributed by atoms with Gasteiger partial charge in [0.05, 0.1) is 5.52 Å². The van der Waals surface area contributed by atoms with Crippen molar-refractivity contribution in [2.75, 3.05) is 0 Å². The van der Waals surface area contributed by atoms with Crippen LogP contribution in [0.4, 0.5) is 0 Å². The maximum absolute atomic E-state index is 12.5. The van der Waals surface area contributed by atoms with Gasteiger partial charge in [-0.15, -0.1) is 5.10 Å². The van der Waals surface area contributed by atoms with Crippen LogP contribution in [0.25, 0.3) is 16.9 Å². The zero-order chi connectivity index (χ0) is 21.6. The first kappa shape index (κ1) is 18.8. The Morgan fingerprint density at radius 3 is 2.70 bits per heavy atom. The van der Waals surface area contributed by atoms with Gasteiger partial charge in [-0.05, 0) is 17.7 Å². The topological polar surface area (TPSA) is 188 Å². The molecule has 0 spiro atoms. The number of aromatic carboxylic acids is 1. The fourth-order valence-corrected chi connectivity index (χ4v) is 2.80. The molecule has 3 heterocycles. The number of hydrogen-bond acceptors (Lipinski definition) is 8. The summed E-state index contributed by atoms with van der Waals surface area (Å²) in [5.41, 5.74) is 6.09. The van der Waals surface area contributed by atoms with E-state index in [1.165, 1.54) is 4.57 Å². The van der Waals surface area contributed by atoms with Gasteiger partial charge >= 0.3 is 11.7 Å². The number of carbonyl (C=O) groups excluding carboxylic acids is 2. The zero-order valence-electron chi connectivity index (χ0n) is 15.3. The highest BCUT2D eigenvalue weighted by Gasteiger charge is 2.20. The summed E-state index contributed by atoms with van der Waals surface area (Å²) in [6.07, 6.45) is 0. The molecule has 0 atom stereocenters. The standard InChI is InChI=1S/C17H13N7O6/c1-23-9-4-7(2-3-11(9)30-17(23)29)6-19-14(26)8-5-10(15(27)28)24-16(20-8)21-13(22-24)12(18)25/h2-5H,6H2,1H3,(H2,18,25)(H,19,26)(H,27,28). The first-order valence-electron chi connectivity index (χ1n) is 8.42. The van der Waals surface area contributed by atoms with E-state index in [1.54, 1.807) is 25.2 Å². The highest BCUT2D eigenvalue weighted by Crippen LogP contribution is 2.14. The number of aromatic nitrogens is 5. The number of fused-ring (bicyclic) bond motifs is 2. The minimum Gasteiger partial charge on any atom is -0.477 e. The molecule has 0 aliphatic carbocycles. The van der Waals surface area contributed by atoms with Crippen LogP contribution in [0.15, 0.2) is 33.5 Å². The first-order valence-corrected chi connectivity index (χ1v) is 8.42. The van der Waals surface area contributed by atoms with Crippen molar-refractivity contribution in [3.63, 3.8) is 0 Å². The van der Waals surface area contributed by atoms with E-state index >= 15 is 0 Å². The Hall–Kier alpha value is -4.55. The van der Waals surface area contributed by atoms with Gasteiger partial charge in [-0.25, -0.2) is 14.6 Å². The summed E-state index contributed by atoms with van der Waals surface area (Å²) < 4.78 is 7.19. The van der Waals surface area contributed by atoms with E-state index < -0.39 is 35.1 Å². The molecule has 0 saturated carbocycles. The van der Waals surface area contributed by atoms with Gasteiger partial charge in [0, 0.05) is 19.7 Å². The van der Waals surface area contributed by atoms with E-state index in [-0.39, 0.29) is 18.0 Å². The smallest absolute Gasteiger partial charge is 0.419 e. The maximum atomic E-state index is 12.5. The van der Waals surface area contributed by atoms with Gasteiger partial charge in [0.1, 0.15) is 5.69 Å². The third kappa shape index (κ3) is 3.13. The molecule has 0 fully saturated rings. The highest BCUT2D eigenvalue weighted by atomic mass is 16.4. The Morgan fingerprint density at radius 2 is 2.00 bits per heavy atom. The van der Waals surface area contributed by atoms with Crippen molar-refractivity contribution in [1.82, 2.24) is 29.5 Å². The number of carboxylic acid groups (broad SMARTS) is 1. The van der Waals surface area contributed by atoms with Crippen LogP contribution in [-0.2, 0) is 13.6 Å². The number of nitrogens with zero attached hydrogens (tertiary/aromatic N) is 5. The summed E-state index contributed by atoms with van der Waals surface area (Å²) in [5.74, 6) is -4.24. The van der Waals surface area contributed by atoms with Gasteiger partial charge in [0.2, 0.25) is 5.82 Å². The van der Waals surface area contributed by atoms with E-state index in [2.05, 4.69) is 20.4 Å². The quantitative estimate of drug-likeness (QED) is 0.381. The van der Waals surface area contributed by atoms with Gasteiger partial charge in [-0.1, -0.05) is 6.07 Å². The number of aryl methyl sites for hydroxylation is 1. The molecule has 152 valence electrons. The number of rotatable bonds is 5. The summed E-state index contributed by atoms with van der Waals surface area (Å²) in [7, 11) is 1.56. The second-order valence-electron chi connectivity index (χ2n) is 6.25. The number of benzene rings is 1. The third-order valence-electron chi connectivity index (χ3n) is 4.29. The average Bonchev–Trinajstić information content (AvgIpc) is 3.26. The molecule has 0 unspecified atom stereocenters. The summed E-state index contributed by atoms with van der Waals surface area (Å²) in [6.45, 7) is 0.0721. The molecule has 4 rings (SSSR count). The Balaban J connectivity index is 1.63. The SMILES string of the molecule is Cn1c(=O)oc2ccc(CNC(=O)c3cc(C(=O)O)n4nc(C(N)=O)nc4n3)cc21. The van der Waals surface area contributed by atoms with Crippen molar-refractivity contribution in [1.29, 1.82) is 0 Å². The number of primary amides is 1. The molecule has 4 aromatic rings. The lowest BCUT2D eigenvalue weighted by atomic mass is 10.2. The van der Waals surface area contributed by atoms with Crippen molar-refractivity contribution in [2.24, 2.45) is 12.8 Å². The predicted molar refractivity (Wildman–Crippen MR) is 98.9 cm³/mol. The second kappa shape index (κ2) is 6.80. The molecule has 13 heteroatoms. The van der Waals surface area contributed by atoms with E-state index in [4.69, 9.17) is 10.2 Å². The van der Waals surface area contributed by atoms with Crippen molar-refractivity contribution in [2.45, 2.75) is 6.54 Å². The normalized spacial score (nSPS) is 11.1. The molecule has 0 radical (unpaired) electrons. The molecule has 0 aliphatic heterocycles. The number of nitrogens with two attached hydrogens (primary N) is 1. The van der Waals surface area contributed by atoms with E-state index in [0.717, 1.165) is 10.6 Å². The summed E-state index contributed by atoms with van der Waals surface area (Å²) in [6, 6.07) is 5.96. The van der Waals surface area contributed by atoms with Crippen LogP contribution in [0.3, 0.4) is 0 Å². The molecule has 0 bridgehead atoms. The van der Waals surface area contributed by atoms with Gasteiger partial charge < -0.3 is 20.6 Å². The van der Waals surface area contributed by atoms with Crippen LogP contribution in [-0.4, -0.2) is 47.0 Å². The van der Waals surface area contributed by atoms with E-state index in [9.17, 15) is 24.3 Å². The lowest BCUT2D eigenvalue weighted by Gasteiger charge is -2.06. The highest BCUT2D eigenvalue weighted by molar-refractivity contribution is 5.96. The molecule has 0 aliphatic rings. The lowest BCUT2D eigenvalue weighted by Crippen LogP contribution is -2.25. The zero-order valence-corrected chi connectivity index (χ0v) is 15.3. The van der Waals surface area contributed by atoms with Crippen molar-refractivity contribution >= 4 is 34.7 Å². The number of hydrogen-bond donors (Lipinski definition) is 3. The summed E-state index contributed by atoms with van der Waals surface area (Å²) in [5, 5.41) is 15.7. The largest absolute Gasteiger partial charge is 0.477 e. The molecule has 13 nitrogen and oxygen atoms in total. The predicted octanol–water partition coefficient (Wildman–Crippen LogP) is -0.704. The van der Waals surface area contributed by atoms with Crippen LogP contribution in [0.1, 0.15) is 37.2 Å². The molecular weight excluding hydrogens is 398 g/mol. The number of amides is 2. The van der Waals surface area contributed by atoms with Crippen molar-refractivity contribution < 1.29 is 23.9 Å². The lowest BCUT2D eigenvalue weighted by molar-refractivity contribution is 0.0686. The third-order valence-corrected chi connectivity index (χ3v) is 4.29.